The first-order chi connectivity index (χ1) is 16.5. The molecular formula is C27H23FN2O4. The number of amides is 1. The zero-order valence-electron chi connectivity index (χ0n) is 18.5. The van der Waals surface area contributed by atoms with Crippen LogP contribution in [0.2, 0.25) is 0 Å². The Morgan fingerprint density at radius 1 is 0.971 bits per heavy atom. The molecule has 0 spiro atoms. The van der Waals surface area contributed by atoms with Crippen LogP contribution in [0.1, 0.15) is 28.4 Å². The molecule has 0 aliphatic carbocycles. The summed E-state index contributed by atoms with van der Waals surface area (Å²) in [4.78, 5) is 12.5. The molecule has 0 saturated carbocycles. The number of ether oxygens (including phenoxy) is 2. The highest BCUT2D eigenvalue weighted by molar-refractivity contribution is 6.01. The maximum absolute atomic E-state index is 13.4. The molecule has 4 aromatic rings. The molecule has 0 radical (unpaired) electrons. The van der Waals surface area contributed by atoms with E-state index >= 15 is 0 Å². The number of phenolic OH excluding ortho intramolecular Hbond substituents is 1. The first kappa shape index (κ1) is 22.8. The van der Waals surface area contributed by atoms with Crippen LogP contribution < -0.4 is 14.9 Å². The van der Waals surface area contributed by atoms with Gasteiger partial charge in [0.05, 0.1) is 18.4 Å². The van der Waals surface area contributed by atoms with Crippen molar-refractivity contribution in [1.29, 1.82) is 0 Å². The number of benzene rings is 4. The summed E-state index contributed by atoms with van der Waals surface area (Å²) < 4.78 is 24.8. The average molecular weight is 458 g/mol. The number of aromatic hydroxyl groups is 1. The Morgan fingerprint density at radius 3 is 2.53 bits per heavy atom. The van der Waals surface area contributed by atoms with Crippen LogP contribution in [0, 0.1) is 5.82 Å². The number of rotatable bonds is 8. The summed E-state index contributed by atoms with van der Waals surface area (Å²) >= 11 is 0. The molecule has 0 bridgehead atoms. The number of carbonyl (C=O) groups excluding carboxylic acids is 1. The lowest BCUT2D eigenvalue weighted by Crippen LogP contribution is -2.17. The highest BCUT2D eigenvalue weighted by Crippen LogP contribution is 2.29. The van der Waals surface area contributed by atoms with E-state index in [1.54, 1.807) is 42.5 Å². The molecule has 2 N–H and O–H groups in total. The van der Waals surface area contributed by atoms with E-state index in [2.05, 4.69) is 10.5 Å². The number of nitrogens with one attached hydrogen (secondary N) is 1. The molecule has 0 aliphatic heterocycles. The van der Waals surface area contributed by atoms with Crippen LogP contribution in [0.5, 0.6) is 17.2 Å². The maximum atomic E-state index is 13.4. The molecule has 7 heteroatoms. The normalized spacial score (nSPS) is 11.0. The molecule has 0 fully saturated rings. The van der Waals surface area contributed by atoms with Crippen LogP contribution in [-0.2, 0) is 6.61 Å². The second-order valence-electron chi connectivity index (χ2n) is 7.47. The van der Waals surface area contributed by atoms with Crippen LogP contribution >= 0.6 is 0 Å². The lowest BCUT2D eigenvalue weighted by atomic mass is 10.1. The topological polar surface area (TPSA) is 80.2 Å². The molecule has 0 atom stereocenters. The molecule has 4 aromatic carbocycles. The first-order valence-electron chi connectivity index (χ1n) is 10.7. The quantitative estimate of drug-likeness (QED) is 0.273. The Balaban J connectivity index is 1.44. The van der Waals surface area contributed by atoms with Crippen molar-refractivity contribution in [1.82, 2.24) is 5.43 Å². The van der Waals surface area contributed by atoms with E-state index in [0.717, 1.165) is 10.8 Å². The Morgan fingerprint density at radius 2 is 1.76 bits per heavy atom. The average Bonchev–Trinajstić information content (AvgIpc) is 2.83. The van der Waals surface area contributed by atoms with Gasteiger partial charge in [-0.3, -0.25) is 4.79 Å². The molecule has 6 nitrogen and oxygen atoms in total. The van der Waals surface area contributed by atoms with Crippen molar-refractivity contribution in [2.24, 2.45) is 5.10 Å². The largest absolute Gasteiger partial charge is 0.507 e. The van der Waals surface area contributed by atoms with Gasteiger partial charge in [-0.15, -0.1) is 0 Å². The molecule has 0 aromatic heterocycles. The van der Waals surface area contributed by atoms with E-state index in [1.807, 2.05) is 31.2 Å². The summed E-state index contributed by atoms with van der Waals surface area (Å²) in [5.74, 6) is 0.0379. The number of nitrogens with zero attached hydrogens (tertiary/aromatic N) is 1. The molecule has 1 amide bonds. The molecule has 4 rings (SSSR count). The Bertz CT molecular complexity index is 1350. The van der Waals surface area contributed by atoms with E-state index in [1.165, 1.54) is 18.3 Å². The number of hydrogen-bond donors (Lipinski definition) is 2. The summed E-state index contributed by atoms with van der Waals surface area (Å²) in [7, 11) is 0. The van der Waals surface area contributed by atoms with Gasteiger partial charge in [0, 0.05) is 0 Å². The van der Waals surface area contributed by atoms with Crippen molar-refractivity contribution in [3.63, 3.8) is 0 Å². The zero-order valence-corrected chi connectivity index (χ0v) is 18.5. The van der Waals surface area contributed by atoms with Gasteiger partial charge in [-0.05, 0) is 71.3 Å². The number of hydrogen-bond acceptors (Lipinski definition) is 5. The maximum Gasteiger partial charge on any atom is 0.275 e. The Labute approximate surface area is 196 Å². The Kier molecular flexibility index (Phi) is 7.03. The fraction of sp³-hybridized carbons (Fsp3) is 0.111. The van der Waals surface area contributed by atoms with Crippen molar-refractivity contribution >= 4 is 22.9 Å². The lowest BCUT2D eigenvalue weighted by Gasteiger charge is -2.12. The van der Waals surface area contributed by atoms with Crippen molar-refractivity contribution in [2.45, 2.75) is 13.5 Å². The van der Waals surface area contributed by atoms with E-state index in [4.69, 9.17) is 9.47 Å². The molecular weight excluding hydrogens is 435 g/mol. The third-order valence-corrected chi connectivity index (χ3v) is 5.04. The third kappa shape index (κ3) is 5.50. The number of phenols is 1. The van der Waals surface area contributed by atoms with Gasteiger partial charge in [0.15, 0.2) is 11.5 Å². The summed E-state index contributed by atoms with van der Waals surface area (Å²) in [6, 6.07) is 22.0. The summed E-state index contributed by atoms with van der Waals surface area (Å²) in [5, 5.41) is 15.9. The third-order valence-electron chi connectivity index (χ3n) is 5.04. The number of carbonyl (C=O) groups is 1. The molecule has 0 aliphatic rings. The van der Waals surface area contributed by atoms with E-state index in [0.29, 0.717) is 29.2 Å². The second kappa shape index (κ2) is 10.5. The predicted octanol–water partition coefficient (Wildman–Crippen LogP) is 5.43. The van der Waals surface area contributed by atoms with Crippen LogP contribution in [0.25, 0.3) is 10.8 Å². The van der Waals surface area contributed by atoms with E-state index in [9.17, 15) is 14.3 Å². The summed E-state index contributed by atoms with van der Waals surface area (Å²) in [6.45, 7) is 2.47. The van der Waals surface area contributed by atoms with Crippen LogP contribution in [0.15, 0.2) is 84.0 Å². The van der Waals surface area contributed by atoms with Gasteiger partial charge in [0.1, 0.15) is 18.2 Å². The minimum atomic E-state index is -0.528. The predicted molar refractivity (Wildman–Crippen MR) is 129 cm³/mol. The summed E-state index contributed by atoms with van der Waals surface area (Å²) in [5.41, 5.74) is 3.94. The lowest BCUT2D eigenvalue weighted by molar-refractivity contribution is 0.0952. The number of fused-ring (bicyclic) bond motifs is 1. The highest BCUT2D eigenvalue weighted by Gasteiger charge is 2.12. The molecule has 34 heavy (non-hydrogen) atoms. The van der Waals surface area contributed by atoms with Crippen LogP contribution in [0.3, 0.4) is 0 Å². The second-order valence-corrected chi connectivity index (χ2v) is 7.47. The van der Waals surface area contributed by atoms with Crippen molar-refractivity contribution in [3.05, 3.63) is 101 Å². The van der Waals surface area contributed by atoms with E-state index in [-0.39, 0.29) is 23.7 Å². The highest BCUT2D eigenvalue weighted by atomic mass is 19.1. The van der Waals surface area contributed by atoms with Crippen molar-refractivity contribution in [2.75, 3.05) is 6.61 Å². The van der Waals surface area contributed by atoms with Gasteiger partial charge < -0.3 is 14.6 Å². The fourth-order valence-electron chi connectivity index (χ4n) is 3.42. The smallest absolute Gasteiger partial charge is 0.275 e. The van der Waals surface area contributed by atoms with Gasteiger partial charge >= 0.3 is 0 Å². The number of hydrazone groups is 1. The van der Waals surface area contributed by atoms with Gasteiger partial charge in [-0.1, -0.05) is 36.4 Å². The van der Waals surface area contributed by atoms with Gasteiger partial charge in [0.2, 0.25) is 0 Å². The van der Waals surface area contributed by atoms with E-state index < -0.39 is 5.91 Å². The van der Waals surface area contributed by atoms with Crippen molar-refractivity contribution < 1.29 is 23.8 Å². The Hall–Kier alpha value is -4.39. The van der Waals surface area contributed by atoms with Crippen LogP contribution in [-0.4, -0.2) is 23.8 Å². The molecule has 0 unspecified atom stereocenters. The monoisotopic (exact) mass is 458 g/mol. The van der Waals surface area contributed by atoms with Gasteiger partial charge in [0.25, 0.3) is 5.91 Å². The standard InChI is InChI=1S/C27H23FN2O4/c1-2-33-26-13-18(10-11-25(26)34-17-19-6-5-9-22(28)12-19)16-29-30-27(32)23-14-20-7-3-4-8-21(20)15-24(23)31/h3-16,31H,2,17H2,1H3,(H,30,32). The van der Waals surface area contributed by atoms with Gasteiger partial charge in [-0.25, -0.2) is 9.82 Å². The first-order valence-corrected chi connectivity index (χ1v) is 10.7. The zero-order chi connectivity index (χ0) is 23.9. The SMILES string of the molecule is CCOc1cc(C=NNC(=O)c2cc3ccccc3cc2O)ccc1OCc1cccc(F)c1. The van der Waals surface area contributed by atoms with Crippen molar-refractivity contribution in [3.8, 4) is 17.2 Å². The fourth-order valence-corrected chi connectivity index (χ4v) is 3.42. The van der Waals surface area contributed by atoms with Gasteiger partial charge in [-0.2, -0.15) is 5.10 Å². The minimum Gasteiger partial charge on any atom is -0.507 e. The van der Waals surface area contributed by atoms with Crippen LogP contribution in [0.4, 0.5) is 4.39 Å². The summed E-state index contributed by atoms with van der Waals surface area (Å²) in [6.07, 6.45) is 1.47. The molecule has 172 valence electrons. The number of halogens is 1. The molecule has 0 saturated heterocycles. The minimum absolute atomic E-state index is 0.121. The molecule has 0 heterocycles.